The minimum Gasteiger partial charge on any atom is -0.406 e. The lowest BCUT2D eigenvalue weighted by Gasteiger charge is -2.10. The summed E-state index contributed by atoms with van der Waals surface area (Å²) in [5, 5.41) is 5.22. The largest absolute Gasteiger partial charge is 0.573 e. The van der Waals surface area contributed by atoms with Crippen LogP contribution in [-0.2, 0) is 11.3 Å². The monoisotopic (exact) mass is 352 g/mol. The topological polar surface area (TPSA) is 67.4 Å². The van der Waals surface area contributed by atoms with E-state index >= 15 is 0 Å². The van der Waals surface area contributed by atoms with Crippen LogP contribution in [0.25, 0.3) is 0 Å². The Bertz CT molecular complexity index is 758. The number of benzene rings is 2. The highest BCUT2D eigenvalue weighted by Gasteiger charge is 2.30. The molecule has 8 heteroatoms. The second kappa shape index (κ2) is 7.69. The van der Waals surface area contributed by atoms with Gasteiger partial charge in [-0.05, 0) is 35.9 Å². The van der Waals surface area contributed by atoms with E-state index in [2.05, 4.69) is 15.4 Å². The predicted molar refractivity (Wildman–Crippen MR) is 85.0 cm³/mol. The van der Waals surface area contributed by atoms with Crippen molar-refractivity contribution in [2.24, 2.45) is 0 Å². The molecule has 0 spiro atoms. The number of anilines is 1. The first kappa shape index (κ1) is 18.3. The molecule has 0 aliphatic carbocycles. The van der Waals surface area contributed by atoms with Crippen LogP contribution in [0.15, 0.2) is 48.5 Å². The van der Waals surface area contributed by atoms with Crippen molar-refractivity contribution in [3.8, 4) is 5.75 Å². The van der Waals surface area contributed by atoms with Crippen LogP contribution in [0, 0.1) is 0 Å². The highest BCUT2D eigenvalue weighted by atomic mass is 19.4. The molecule has 2 N–H and O–H groups in total. The molecular formula is C17H15F3N2O3. The van der Waals surface area contributed by atoms with Gasteiger partial charge in [0, 0.05) is 24.7 Å². The van der Waals surface area contributed by atoms with E-state index in [1.807, 2.05) is 0 Å². The second-order valence-corrected chi connectivity index (χ2v) is 5.14. The van der Waals surface area contributed by atoms with Crippen molar-refractivity contribution in [1.29, 1.82) is 0 Å². The van der Waals surface area contributed by atoms with Crippen molar-refractivity contribution in [3.05, 3.63) is 59.7 Å². The maximum atomic E-state index is 12.1. The molecule has 0 aromatic heterocycles. The summed E-state index contributed by atoms with van der Waals surface area (Å²) < 4.78 is 40.0. The Balaban J connectivity index is 1.94. The smallest absolute Gasteiger partial charge is 0.406 e. The first-order chi connectivity index (χ1) is 11.7. The van der Waals surface area contributed by atoms with Gasteiger partial charge in [0.15, 0.2) is 0 Å². The van der Waals surface area contributed by atoms with Gasteiger partial charge in [-0.3, -0.25) is 9.59 Å². The Morgan fingerprint density at radius 2 is 1.76 bits per heavy atom. The van der Waals surface area contributed by atoms with Gasteiger partial charge in [-0.25, -0.2) is 0 Å². The SMILES string of the molecule is CC(=O)Nc1cccc(C(=O)NCc2ccc(OC(F)(F)F)cc2)c1. The van der Waals surface area contributed by atoms with Crippen LogP contribution in [0.2, 0.25) is 0 Å². The molecule has 0 radical (unpaired) electrons. The number of amides is 2. The zero-order valence-electron chi connectivity index (χ0n) is 13.2. The molecule has 0 bridgehead atoms. The van der Waals surface area contributed by atoms with E-state index in [9.17, 15) is 22.8 Å². The van der Waals surface area contributed by atoms with Crippen molar-refractivity contribution < 1.29 is 27.5 Å². The van der Waals surface area contributed by atoms with E-state index in [0.29, 0.717) is 16.8 Å². The van der Waals surface area contributed by atoms with Crippen molar-refractivity contribution in [2.45, 2.75) is 19.8 Å². The lowest BCUT2D eigenvalue weighted by Crippen LogP contribution is -2.23. The molecule has 0 aliphatic rings. The van der Waals surface area contributed by atoms with Gasteiger partial charge in [0.05, 0.1) is 0 Å². The first-order valence-electron chi connectivity index (χ1n) is 7.23. The van der Waals surface area contributed by atoms with Gasteiger partial charge >= 0.3 is 6.36 Å². The van der Waals surface area contributed by atoms with E-state index in [4.69, 9.17) is 0 Å². The second-order valence-electron chi connectivity index (χ2n) is 5.14. The summed E-state index contributed by atoms with van der Waals surface area (Å²) in [6, 6.07) is 11.6. The third kappa shape index (κ3) is 6.17. The molecule has 5 nitrogen and oxygen atoms in total. The summed E-state index contributed by atoms with van der Waals surface area (Å²) in [5.41, 5.74) is 1.46. The van der Waals surface area contributed by atoms with E-state index in [1.165, 1.54) is 37.3 Å². The van der Waals surface area contributed by atoms with Crippen LogP contribution in [0.5, 0.6) is 5.75 Å². The van der Waals surface area contributed by atoms with E-state index in [1.54, 1.807) is 18.2 Å². The van der Waals surface area contributed by atoms with Gasteiger partial charge in [-0.2, -0.15) is 0 Å². The van der Waals surface area contributed by atoms with Crippen LogP contribution < -0.4 is 15.4 Å². The Hall–Kier alpha value is -3.03. The number of nitrogens with one attached hydrogen (secondary N) is 2. The third-order valence-electron chi connectivity index (χ3n) is 3.06. The first-order valence-corrected chi connectivity index (χ1v) is 7.23. The molecule has 132 valence electrons. The number of ether oxygens (including phenoxy) is 1. The van der Waals surface area contributed by atoms with Crippen LogP contribution in [0.1, 0.15) is 22.8 Å². The number of rotatable bonds is 5. The fourth-order valence-corrected chi connectivity index (χ4v) is 2.03. The number of hydrogen-bond donors (Lipinski definition) is 2. The fraction of sp³-hybridized carbons (Fsp3) is 0.176. The number of hydrogen-bond acceptors (Lipinski definition) is 3. The normalized spacial score (nSPS) is 10.9. The Labute approximate surface area is 141 Å². The maximum absolute atomic E-state index is 12.1. The fourth-order valence-electron chi connectivity index (χ4n) is 2.03. The van der Waals surface area contributed by atoms with E-state index in [0.717, 1.165) is 0 Å². The van der Waals surface area contributed by atoms with Crippen molar-refractivity contribution >= 4 is 17.5 Å². The average molecular weight is 352 g/mol. The number of carbonyl (C=O) groups is 2. The van der Waals surface area contributed by atoms with Crippen molar-refractivity contribution in [1.82, 2.24) is 5.32 Å². The molecule has 25 heavy (non-hydrogen) atoms. The number of carbonyl (C=O) groups excluding carboxylic acids is 2. The quantitative estimate of drug-likeness (QED) is 0.866. The third-order valence-corrected chi connectivity index (χ3v) is 3.06. The molecule has 0 saturated carbocycles. The standard InChI is InChI=1S/C17H15F3N2O3/c1-11(23)22-14-4-2-3-13(9-14)16(24)21-10-12-5-7-15(8-6-12)25-17(18,19)20/h2-9H,10H2,1H3,(H,21,24)(H,22,23). The van der Waals surface area contributed by atoms with Gasteiger partial charge < -0.3 is 15.4 Å². The van der Waals surface area contributed by atoms with Crippen LogP contribution in [0.4, 0.5) is 18.9 Å². The maximum Gasteiger partial charge on any atom is 0.573 e. The summed E-state index contributed by atoms with van der Waals surface area (Å²) >= 11 is 0. The Morgan fingerprint density at radius 3 is 2.36 bits per heavy atom. The summed E-state index contributed by atoms with van der Waals surface area (Å²) in [6.07, 6.45) is -4.74. The minimum absolute atomic E-state index is 0.134. The van der Waals surface area contributed by atoms with Crippen LogP contribution in [-0.4, -0.2) is 18.2 Å². The molecule has 2 amide bonds. The summed E-state index contributed by atoms with van der Waals surface area (Å²) in [4.78, 5) is 23.1. The molecule has 0 heterocycles. The predicted octanol–water partition coefficient (Wildman–Crippen LogP) is 3.47. The van der Waals surface area contributed by atoms with E-state index in [-0.39, 0.29) is 24.1 Å². The Kier molecular flexibility index (Phi) is 5.63. The van der Waals surface area contributed by atoms with Gasteiger partial charge in [-0.15, -0.1) is 13.2 Å². The highest BCUT2D eigenvalue weighted by Crippen LogP contribution is 2.22. The summed E-state index contributed by atoms with van der Waals surface area (Å²) in [7, 11) is 0. The van der Waals surface area contributed by atoms with Crippen LogP contribution in [0.3, 0.4) is 0 Å². The molecule has 2 aromatic rings. The Morgan fingerprint density at radius 1 is 1.08 bits per heavy atom. The van der Waals surface area contributed by atoms with E-state index < -0.39 is 6.36 Å². The van der Waals surface area contributed by atoms with Crippen molar-refractivity contribution in [3.63, 3.8) is 0 Å². The van der Waals surface area contributed by atoms with Gasteiger partial charge in [0.25, 0.3) is 5.91 Å². The van der Waals surface area contributed by atoms with Gasteiger partial charge in [-0.1, -0.05) is 18.2 Å². The summed E-state index contributed by atoms with van der Waals surface area (Å²) in [6.45, 7) is 1.49. The number of alkyl halides is 3. The van der Waals surface area contributed by atoms with Crippen molar-refractivity contribution in [2.75, 3.05) is 5.32 Å². The molecule has 2 aromatic carbocycles. The summed E-state index contributed by atoms with van der Waals surface area (Å²) in [5.74, 6) is -0.952. The molecule has 0 atom stereocenters. The number of halogens is 3. The molecule has 2 rings (SSSR count). The zero-order valence-corrected chi connectivity index (χ0v) is 13.2. The zero-order chi connectivity index (χ0) is 18.4. The average Bonchev–Trinajstić information content (AvgIpc) is 2.52. The van der Waals surface area contributed by atoms with Crippen LogP contribution >= 0.6 is 0 Å². The molecular weight excluding hydrogens is 337 g/mol. The highest BCUT2D eigenvalue weighted by molar-refractivity contribution is 5.96. The minimum atomic E-state index is -4.74. The van der Waals surface area contributed by atoms with Gasteiger partial charge in [0.2, 0.25) is 5.91 Å². The lowest BCUT2D eigenvalue weighted by atomic mass is 10.1. The lowest BCUT2D eigenvalue weighted by molar-refractivity contribution is -0.274. The molecule has 0 fully saturated rings. The van der Waals surface area contributed by atoms with Gasteiger partial charge in [0.1, 0.15) is 5.75 Å². The molecule has 0 aliphatic heterocycles. The molecule has 0 saturated heterocycles. The molecule has 0 unspecified atom stereocenters.